The van der Waals surface area contributed by atoms with E-state index < -0.39 is 0 Å². The van der Waals surface area contributed by atoms with Gasteiger partial charge < -0.3 is 10.5 Å². The summed E-state index contributed by atoms with van der Waals surface area (Å²) in [6.07, 6.45) is 1.08. The Morgan fingerprint density at radius 3 is 2.69 bits per heavy atom. The smallest absolute Gasteiger partial charge is 0.203 e. The third kappa shape index (κ3) is 9.10. The number of hydrogen-bond acceptors (Lipinski definition) is 3. The fourth-order valence-corrected chi connectivity index (χ4v) is 0.697. The van der Waals surface area contributed by atoms with Gasteiger partial charge in [-0.15, -0.1) is 0 Å². The van der Waals surface area contributed by atoms with Gasteiger partial charge in [-0.05, 0) is 12.3 Å². The number of ether oxygens (including phenoxy) is 1. The molecule has 0 aliphatic carbocycles. The zero-order valence-corrected chi connectivity index (χ0v) is 8.42. The maximum Gasteiger partial charge on any atom is 0.203 e. The molecule has 0 rings (SSSR count). The maximum atomic E-state index is 5.31. The largest absolute Gasteiger partial charge is 0.380 e. The molecule has 0 aromatic heterocycles. The highest BCUT2D eigenvalue weighted by Crippen LogP contribution is 1.98. The quantitative estimate of drug-likeness (QED) is 0.177. The van der Waals surface area contributed by atoms with Crippen LogP contribution in [0.15, 0.2) is 4.99 Å². The molecule has 0 heterocycles. The lowest BCUT2D eigenvalue weighted by atomic mass is 10.1. The number of nitrogens with zero attached hydrogens (tertiary/aromatic N) is 1. The molecular formula is C8H20N4O. The number of guanidine groups is 1. The van der Waals surface area contributed by atoms with Crippen molar-refractivity contribution in [2.24, 2.45) is 22.5 Å². The first-order valence-electron chi connectivity index (χ1n) is 4.51. The maximum absolute atomic E-state index is 5.31. The Bertz CT molecular complexity index is 147. The van der Waals surface area contributed by atoms with Crippen LogP contribution in [0.1, 0.15) is 20.3 Å². The van der Waals surface area contributed by atoms with Crippen LogP contribution in [0.5, 0.6) is 0 Å². The molecule has 78 valence electrons. The van der Waals surface area contributed by atoms with Gasteiger partial charge in [-0.25, -0.2) is 10.8 Å². The standard InChI is InChI=1S/C8H20N4O/c1-7(2)3-5-13-6-4-11-8(9)12-10/h7H,3-6,10H2,1-2H3,(H3,9,11,12). The summed E-state index contributed by atoms with van der Waals surface area (Å²) in [5, 5.41) is 0. The van der Waals surface area contributed by atoms with E-state index in [1.165, 1.54) is 0 Å². The summed E-state index contributed by atoms with van der Waals surface area (Å²) in [6.45, 7) is 6.25. The number of nitrogens with one attached hydrogen (secondary N) is 1. The lowest BCUT2D eigenvalue weighted by Crippen LogP contribution is -2.37. The van der Waals surface area contributed by atoms with E-state index in [9.17, 15) is 0 Å². The van der Waals surface area contributed by atoms with Gasteiger partial charge in [0.05, 0.1) is 13.2 Å². The van der Waals surface area contributed by atoms with Crippen LogP contribution < -0.4 is 17.0 Å². The van der Waals surface area contributed by atoms with Gasteiger partial charge in [0.15, 0.2) is 0 Å². The van der Waals surface area contributed by atoms with Crippen molar-refractivity contribution in [2.45, 2.75) is 20.3 Å². The molecule has 0 atom stereocenters. The Hall–Kier alpha value is -0.810. The average molecular weight is 188 g/mol. The van der Waals surface area contributed by atoms with E-state index in [1.807, 2.05) is 0 Å². The van der Waals surface area contributed by atoms with Gasteiger partial charge >= 0.3 is 0 Å². The predicted molar refractivity (Wildman–Crippen MR) is 54.1 cm³/mol. The number of hydrazine groups is 1. The summed E-state index contributed by atoms with van der Waals surface area (Å²) >= 11 is 0. The van der Waals surface area contributed by atoms with Crippen LogP contribution in [0.25, 0.3) is 0 Å². The SMILES string of the molecule is CC(C)CCOCCN=C(N)NN. The van der Waals surface area contributed by atoms with Crippen LogP contribution in [0.3, 0.4) is 0 Å². The highest BCUT2D eigenvalue weighted by molar-refractivity contribution is 5.77. The monoisotopic (exact) mass is 188 g/mol. The van der Waals surface area contributed by atoms with E-state index in [4.69, 9.17) is 16.3 Å². The molecule has 0 aliphatic heterocycles. The minimum Gasteiger partial charge on any atom is -0.380 e. The fourth-order valence-electron chi connectivity index (χ4n) is 0.697. The van der Waals surface area contributed by atoms with Gasteiger partial charge in [0, 0.05) is 6.61 Å². The first kappa shape index (κ1) is 12.2. The normalized spacial score (nSPS) is 12.2. The molecule has 0 aliphatic rings. The summed E-state index contributed by atoms with van der Waals surface area (Å²) in [5.74, 6) is 5.93. The van der Waals surface area contributed by atoms with Gasteiger partial charge in [-0.3, -0.25) is 5.43 Å². The Morgan fingerprint density at radius 2 is 2.15 bits per heavy atom. The molecule has 0 radical (unpaired) electrons. The van der Waals surface area contributed by atoms with Crippen molar-refractivity contribution >= 4 is 5.96 Å². The molecule has 0 aromatic rings. The summed E-state index contributed by atoms with van der Waals surface area (Å²) in [4.78, 5) is 3.89. The Balaban J connectivity index is 3.17. The molecule has 0 unspecified atom stereocenters. The van der Waals surface area contributed by atoms with Gasteiger partial charge in [-0.2, -0.15) is 0 Å². The molecule has 0 aromatic carbocycles. The molecule has 5 N–H and O–H groups in total. The van der Waals surface area contributed by atoms with Crippen molar-refractivity contribution in [3.05, 3.63) is 0 Å². The van der Waals surface area contributed by atoms with E-state index in [-0.39, 0.29) is 5.96 Å². The highest BCUT2D eigenvalue weighted by atomic mass is 16.5. The zero-order valence-electron chi connectivity index (χ0n) is 8.42. The summed E-state index contributed by atoms with van der Waals surface area (Å²) in [5.41, 5.74) is 7.54. The van der Waals surface area contributed by atoms with E-state index >= 15 is 0 Å². The molecule has 0 amide bonds. The minimum atomic E-state index is 0.243. The van der Waals surface area contributed by atoms with Crippen LogP contribution >= 0.6 is 0 Å². The average Bonchev–Trinajstić information content (AvgIpc) is 2.10. The van der Waals surface area contributed by atoms with E-state index in [1.54, 1.807) is 0 Å². The molecule has 5 heteroatoms. The van der Waals surface area contributed by atoms with E-state index in [0.717, 1.165) is 13.0 Å². The summed E-state index contributed by atoms with van der Waals surface area (Å²) < 4.78 is 5.31. The van der Waals surface area contributed by atoms with Crippen molar-refractivity contribution in [1.29, 1.82) is 0 Å². The Morgan fingerprint density at radius 1 is 1.46 bits per heavy atom. The van der Waals surface area contributed by atoms with Crippen molar-refractivity contribution < 1.29 is 4.74 Å². The van der Waals surface area contributed by atoms with Gasteiger partial charge in [-0.1, -0.05) is 13.8 Å². The van der Waals surface area contributed by atoms with Gasteiger partial charge in [0.2, 0.25) is 5.96 Å². The topological polar surface area (TPSA) is 85.7 Å². The molecule has 0 bridgehead atoms. The third-order valence-electron chi connectivity index (χ3n) is 1.51. The van der Waals surface area contributed by atoms with Crippen LogP contribution in [0.4, 0.5) is 0 Å². The zero-order chi connectivity index (χ0) is 10.1. The van der Waals surface area contributed by atoms with Crippen LogP contribution in [0, 0.1) is 5.92 Å². The predicted octanol–water partition coefficient (Wildman–Crippen LogP) is -0.173. The third-order valence-corrected chi connectivity index (χ3v) is 1.51. The molecule has 13 heavy (non-hydrogen) atoms. The second kappa shape index (κ2) is 7.82. The van der Waals surface area contributed by atoms with Crippen molar-refractivity contribution in [3.63, 3.8) is 0 Å². The number of hydrogen-bond donors (Lipinski definition) is 3. The number of aliphatic imine (C=N–C) groups is 1. The second-order valence-corrected chi connectivity index (χ2v) is 3.21. The molecule has 0 fully saturated rings. The summed E-state index contributed by atoms with van der Waals surface area (Å²) in [7, 11) is 0. The minimum absolute atomic E-state index is 0.243. The molecule has 5 nitrogen and oxygen atoms in total. The Kier molecular flexibility index (Phi) is 7.33. The number of nitrogens with two attached hydrogens (primary N) is 2. The van der Waals surface area contributed by atoms with Crippen LogP contribution in [0.2, 0.25) is 0 Å². The van der Waals surface area contributed by atoms with Crippen LogP contribution in [-0.4, -0.2) is 25.7 Å². The van der Waals surface area contributed by atoms with Gasteiger partial charge in [0.25, 0.3) is 0 Å². The molecule has 0 saturated heterocycles. The Labute approximate surface area is 79.5 Å². The van der Waals surface area contributed by atoms with E-state index in [0.29, 0.717) is 19.1 Å². The second-order valence-electron chi connectivity index (χ2n) is 3.21. The van der Waals surface area contributed by atoms with Crippen LogP contribution in [-0.2, 0) is 4.74 Å². The highest BCUT2D eigenvalue weighted by Gasteiger charge is 1.93. The lowest BCUT2D eigenvalue weighted by Gasteiger charge is -2.04. The fraction of sp³-hybridized carbons (Fsp3) is 0.875. The van der Waals surface area contributed by atoms with Crippen molar-refractivity contribution in [3.8, 4) is 0 Å². The van der Waals surface area contributed by atoms with E-state index in [2.05, 4.69) is 24.3 Å². The first-order chi connectivity index (χ1) is 6.16. The van der Waals surface area contributed by atoms with Crippen molar-refractivity contribution in [1.82, 2.24) is 5.43 Å². The summed E-state index contributed by atoms with van der Waals surface area (Å²) in [6, 6.07) is 0. The molecule has 0 saturated carbocycles. The van der Waals surface area contributed by atoms with Crippen molar-refractivity contribution in [2.75, 3.05) is 19.8 Å². The molecular weight excluding hydrogens is 168 g/mol. The lowest BCUT2D eigenvalue weighted by molar-refractivity contribution is 0.130. The van der Waals surface area contributed by atoms with Gasteiger partial charge in [0.1, 0.15) is 0 Å². The molecule has 0 spiro atoms. The number of rotatable bonds is 6. The first-order valence-corrected chi connectivity index (χ1v) is 4.51.